The quantitative estimate of drug-likeness (QED) is 0.467. The van der Waals surface area contributed by atoms with Crippen molar-refractivity contribution in [3.8, 4) is 11.5 Å². The molecule has 28 heavy (non-hydrogen) atoms. The minimum absolute atomic E-state index is 0.151. The lowest BCUT2D eigenvalue weighted by Gasteiger charge is -2.12. The summed E-state index contributed by atoms with van der Waals surface area (Å²) in [6.07, 6.45) is 1.56. The van der Waals surface area contributed by atoms with Crippen LogP contribution in [0, 0.1) is 6.92 Å². The predicted molar refractivity (Wildman–Crippen MR) is 107 cm³/mol. The zero-order chi connectivity index (χ0) is 19.9. The smallest absolute Gasteiger partial charge is 0.274 e. The summed E-state index contributed by atoms with van der Waals surface area (Å²) in [7, 11) is 1.56. The standard InChI is InChI=1S/C19H18ClN5O3/c1-12-18(26)22-19(25-23-12)24-21-10-13-7-8-16(17(9-13)27-2)28-11-14-5-3-4-6-15(14)20/h3-10H,11H2,1-2H3,(H2,22,24,25,26)/b21-10-. The van der Waals surface area contributed by atoms with Crippen molar-refractivity contribution in [2.45, 2.75) is 13.5 Å². The third-order valence-electron chi connectivity index (χ3n) is 3.77. The fraction of sp³-hybridized carbons (Fsp3) is 0.158. The summed E-state index contributed by atoms with van der Waals surface area (Å²) < 4.78 is 11.2. The van der Waals surface area contributed by atoms with Gasteiger partial charge >= 0.3 is 0 Å². The third-order valence-corrected chi connectivity index (χ3v) is 4.14. The summed E-state index contributed by atoms with van der Waals surface area (Å²) in [4.78, 5) is 14.0. The number of rotatable bonds is 7. The number of aryl methyl sites for hydroxylation is 1. The number of hydrogen-bond donors (Lipinski definition) is 2. The molecule has 0 spiro atoms. The van der Waals surface area contributed by atoms with E-state index in [0.717, 1.165) is 11.1 Å². The molecule has 3 aromatic rings. The highest BCUT2D eigenvalue weighted by molar-refractivity contribution is 6.31. The summed E-state index contributed by atoms with van der Waals surface area (Å²) in [5.41, 5.74) is 4.22. The molecule has 0 unspecified atom stereocenters. The SMILES string of the molecule is COc1cc(/C=N\Nc2nnc(C)c(=O)[nH]2)ccc1OCc1ccccc1Cl. The Bertz CT molecular complexity index is 1050. The zero-order valence-electron chi connectivity index (χ0n) is 15.3. The van der Waals surface area contributed by atoms with Crippen LogP contribution in [0.3, 0.4) is 0 Å². The molecule has 2 N–H and O–H groups in total. The number of nitrogens with zero attached hydrogens (tertiary/aromatic N) is 3. The molecule has 0 aliphatic heterocycles. The first-order valence-electron chi connectivity index (χ1n) is 8.33. The maximum atomic E-state index is 11.5. The molecule has 0 aliphatic rings. The van der Waals surface area contributed by atoms with Crippen molar-refractivity contribution in [3.63, 3.8) is 0 Å². The molecule has 1 aromatic heterocycles. The van der Waals surface area contributed by atoms with Gasteiger partial charge in [0.2, 0.25) is 5.95 Å². The Hall–Kier alpha value is -3.39. The molecular weight excluding hydrogens is 382 g/mol. The maximum Gasteiger partial charge on any atom is 0.274 e. The maximum absolute atomic E-state index is 11.5. The molecule has 3 rings (SSSR count). The fourth-order valence-corrected chi connectivity index (χ4v) is 2.46. The van der Waals surface area contributed by atoms with Gasteiger partial charge < -0.3 is 9.47 Å². The second-order valence-electron chi connectivity index (χ2n) is 5.75. The molecule has 0 radical (unpaired) electrons. The molecular formula is C19H18ClN5O3. The van der Waals surface area contributed by atoms with Gasteiger partial charge in [0, 0.05) is 10.6 Å². The Morgan fingerprint density at radius 2 is 2.04 bits per heavy atom. The Balaban J connectivity index is 1.67. The van der Waals surface area contributed by atoms with Crippen molar-refractivity contribution >= 4 is 23.8 Å². The van der Waals surface area contributed by atoms with E-state index in [9.17, 15) is 4.79 Å². The Kier molecular flexibility index (Phi) is 6.23. The summed E-state index contributed by atoms with van der Waals surface area (Å²) in [5.74, 6) is 1.29. The molecule has 0 saturated heterocycles. The molecule has 144 valence electrons. The van der Waals surface area contributed by atoms with Crippen molar-refractivity contribution in [1.82, 2.24) is 15.2 Å². The van der Waals surface area contributed by atoms with E-state index in [1.54, 1.807) is 32.4 Å². The van der Waals surface area contributed by atoms with Gasteiger partial charge in [-0.2, -0.15) is 5.10 Å². The molecule has 1 heterocycles. The van der Waals surface area contributed by atoms with Crippen LogP contribution in [0.1, 0.15) is 16.8 Å². The molecule has 0 amide bonds. The van der Waals surface area contributed by atoms with Gasteiger partial charge in [-0.15, -0.1) is 10.2 Å². The lowest BCUT2D eigenvalue weighted by atomic mass is 10.2. The highest BCUT2D eigenvalue weighted by Crippen LogP contribution is 2.29. The van der Waals surface area contributed by atoms with Gasteiger partial charge in [-0.05, 0) is 36.8 Å². The summed E-state index contributed by atoms with van der Waals surface area (Å²) >= 11 is 6.15. The normalized spacial score (nSPS) is 10.8. The number of ether oxygens (including phenoxy) is 2. The van der Waals surface area contributed by atoms with Crippen LogP contribution < -0.4 is 20.5 Å². The predicted octanol–water partition coefficient (Wildman–Crippen LogP) is 3.16. The number of hydrogen-bond acceptors (Lipinski definition) is 7. The number of benzene rings is 2. The van der Waals surface area contributed by atoms with E-state index in [0.29, 0.717) is 23.1 Å². The first kappa shape index (κ1) is 19.4. The van der Waals surface area contributed by atoms with Gasteiger partial charge in [-0.1, -0.05) is 29.8 Å². The van der Waals surface area contributed by atoms with Crippen molar-refractivity contribution in [2.24, 2.45) is 5.10 Å². The number of H-pyrrole nitrogens is 1. The number of hydrazone groups is 1. The fourth-order valence-electron chi connectivity index (χ4n) is 2.27. The number of aromatic amines is 1. The summed E-state index contributed by atoms with van der Waals surface area (Å²) in [6.45, 7) is 1.89. The Morgan fingerprint density at radius 1 is 1.21 bits per heavy atom. The number of methoxy groups -OCH3 is 1. The largest absolute Gasteiger partial charge is 0.493 e. The molecule has 0 saturated carbocycles. The number of anilines is 1. The van der Waals surface area contributed by atoms with E-state index in [1.807, 2.05) is 30.3 Å². The Morgan fingerprint density at radius 3 is 2.79 bits per heavy atom. The number of aromatic nitrogens is 3. The molecule has 8 nitrogen and oxygen atoms in total. The Labute approximate surface area is 166 Å². The van der Waals surface area contributed by atoms with Gasteiger partial charge in [-0.3, -0.25) is 9.78 Å². The average Bonchev–Trinajstić information content (AvgIpc) is 2.70. The second kappa shape index (κ2) is 9.01. The van der Waals surface area contributed by atoms with Crippen LogP contribution in [0.4, 0.5) is 5.95 Å². The molecule has 0 fully saturated rings. The molecule has 0 bridgehead atoms. The molecule has 2 aromatic carbocycles. The van der Waals surface area contributed by atoms with Crippen molar-refractivity contribution in [1.29, 1.82) is 0 Å². The van der Waals surface area contributed by atoms with Gasteiger partial charge in [0.25, 0.3) is 5.56 Å². The van der Waals surface area contributed by atoms with E-state index in [-0.39, 0.29) is 17.2 Å². The highest BCUT2D eigenvalue weighted by Gasteiger charge is 2.07. The van der Waals surface area contributed by atoms with Crippen LogP contribution >= 0.6 is 11.6 Å². The van der Waals surface area contributed by atoms with Gasteiger partial charge in [0.05, 0.1) is 13.3 Å². The van der Waals surface area contributed by atoms with Crippen molar-refractivity contribution in [2.75, 3.05) is 12.5 Å². The number of halogens is 1. The first-order chi connectivity index (χ1) is 13.6. The zero-order valence-corrected chi connectivity index (χ0v) is 16.0. The minimum Gasteiger partial charge on any atom is -0.493 e. The topological polar surface area (TPSA) is 101 Å². The number of nitrogens with one attached hydrogen (secondary N) is 2. The van der Waals surface area contributed by atoms with Crippen LogP contribution in [0.25, 0.3) is 0 Å². The average molecular weight is 400 g/mol. The van der Waals surface area contributed by atoms with Crippen LogP contribution in [-0.4, -0.2) is 28.5 Å². The van der Waals surface area contributed by atoms with E-state index in [2.05, 4.69) is 25.7 Å². The summed E-state index contributed by atoms with van der Waals surface area (Å²) in [5, 5.41) is 12.2. The van der Waals surface area contributed by atoms with E-state index < -0.39 is 0 Å². The van der Waals surface area contributed by atoms with E-state index in [4.69, 9.17) is 21.1 Å². The van der Waals surface area contributed by atoms with E-state index in [1.165, 1.54) is 0 Å². The van der Waals surface area contributed by atoms with Gasteiger partial charge in [0.1, 0.15) is 12.3 Å². The second-order valence-corrected chi connectivity index (χ2v) is 6.16. The summed E-state index contributed by atoms with van der Waals surface area (Å²) in [6, 6.07) is 12.9. The monoisotopic (exact) mass is 399 g/mol. The third kappa shape index (κ3) is 4.86. The van der Waals surface area contributed by atoms with E-state index >= 15 is 0 Å². The lowest BCUT2D eigenvalue weighted by Crippen LogP contribution is -2.15. The van der Waals surface area contributed by atoms with Crippen LogP contribution in [0.2, 0.25) is 5.02 Å². The van der Waals surface area contributed by atoms with Crippen molar-refractivity contribution < 1.29 is 9.47 Å². The minimum atomic E-state index is -0.325. The highest BCUT2D eigenvalue weighted by atomic mass is 35.5. The molecule has 0 atom stereocenters. The van der Waals surface area contributed by atoms with Gasteiger partial charge in [0.15, 0.2) is 11.5 Å². The lowest BCUT2D eigenvalue weighted by molar-refractivity contribution is 0.284. The first-order valence-corrected chi connectivity index (χ1v) is 8.71. The molecule has 9 heteroatoms. The van der Waals surface area contributed by atoms with Crippen molar-refractivity contribution in [3.05, 3.63) is 74.7 Å². The van der Waals surface area contributed by atoms with Gasteiger partial charge in [-0.25, -0.2) is 5.43 Å². The van der Waals surface area contributed by atoms with Crippen LogP contribution in [0.5, 0.6) is 11.5 Å². The molecule has 0 aliphatic carbocycles. The van der Waals surface area contributed by atoms with Crippen LogP contribution in [0.15, 0.2) is 52.4 Å². The van der Waals surface area contributed by atoms with Crippen LogP contribution in [-0.2, 0) is 6.61 Å².